The minimum Gasteiger partial charge on any atom is -0.323 e. The lowest BCUT2D eigenvalue weighted by Gasteiger charge is -2.49. The van der Waals surface area contributed by atoms with Crippen LogP contribution in [0.15, 0.2) is 18.2 Å². The molecule has 3 nitrogen and oxygen atoms in total. The van der Waals surface area contributed by atoms with Crippen LogP contribution in [0, 0.1) is 11.6 Å². The summed E-state index contributed by atoms with van der Waals surface area (Å²) >= 11 is 0. The Labute approximate surface area is 125 Å². The second-order valence-electron chi connectivity index (χ2n) is 6.44. The molecule has 1 aromatic carbocycles. The van der Waals surface area contributed by atoms with Gasteiger partial charge in [0.2, 0.25) is 0 Å². The van der Waals surface area contributed by atoms with Crippen LogP contribution in [-0.2, 0) is 0 Å². The number of halogens is 2. The second-order valence-corrected chi connectivity index (χ2v) is 6.44. The zero-order valence-corrected chi connectivity index (χ0v) is 13.1. The first-order valence-electron chi connectivity index (χ1n) is 7.40. The van der Waals surface area contributed by atoms with Crippen LogP contribution < -0.4 is 5.73 Å². The first-order valence-corrected chi connectivity index (χ1v) is 7.40. The number of likely N-dealkylation sites (N-methyl/N-ethyl adjacent to an activating group) is 2. The molecule has 0 heterocycles. The molecule has 1 fully saturated rings. The van der Waals surface area contributed by atoms with Gasteiger partial charge in [0.25, 0.3) is 0 Å². The molecule has 0 aromatic heterocycles. The molecule has 1 aliphatic rings. The van der Waals surface area contributed by atoms with E-state index in [1.54, 1.807) is 0 Å². The van der Waals surface area contributed by atoms with Crippen LogP contribution in [0.3, 0.4) is 0 Å². The first-order chi connectivity index (χ1) is 9.84. The first kappa shape index (κ1) is 16.3. The molecular formula is C16H25F2N3. The van der Waals surface area contributed by atoms with Crippen molar-refractivity contribution in [2.24, 2.45) is 5.73 Å². The summed E-state index contributed by atoms with van der Waals surface area (Å²) in [5.74, 6) is -1.14. The summed E-state index contributed by atoms with van der Waals surface area (Å²) in [6, 6.07) is 3.14. The third kappa shape index (κ3) is 3.59. The van der Waals surface area contributed by atoms with Crippen molar-refractivity contribution in [1.29, 1.82) is 0 Å². The highest BCUT2D eigenvalue weighted by molar-refractivity contribution is 5.22. The number of hydrogen-bond acceptors (Lipinski definition) is 3. The highest BCUT2D eigenvalue weighted by Gasteiger charge is 2.39. The van der Waals surface area contributed by atoms with Crippen molar-refractivity contribution in [2.75, 3.05) is 34.2 Å². The van der Waals surface area contributed by atoms with E-state index in [0.29, 0.717) is 12.1 Å². The van der Waals surface area contributed by atoms with Crippen LogP contribution in [0.2, 0.25) is 0 Å². The van der Waals surface area contributed by atoms with E-state index < -0.39 is 17.7 Å². The van der Waals surface area contributed by atoms with Crippen LogP contribution in [0.1, 0.15) is 30.9 Å². The van der Waals surface area contributed by atoms with Crippen molar-refractivity contribution >= 4 is 0 Å². The Bertz CT molecular complexity index is 486. The molecule has 1 aliphatic carbocycles. The molecule has 0 spiro atoms. The van der Waals surface area contributed by atoms with Gasteiger partial charge in [0.15, 0.2) is 0 Å². The van der Waals surface area contributed by atoms with Crippen molar-refractivity contribution in [3.8, 4) is 0 Å². The summed E-state index contributed by atoms with van der Waals surface area (Å²) in [6.07, 6.45) is 3.62. The van der Waals surface area contributed by atoms with E-state index in [1.165, 1.54) is 31.4 Å². The van der Waals surface area contributed by atoms with E-state index in [4.69, 9.17) is 5.73 Å². The van der Waals surface area contributed by atoms with E-state index in [0.717, 1.165) is 12.6 Å². The molecule has 21 heavy (non-hydrogen) atoms. The Morgan fingerprint density at radius 1 is 1.24 bits per heavy atom. The number of nitrogens with two attached hydrogens (primary N) is 1. The molecule has 0 radical (unpaired) electrons. The Kier molecular flexibility index (Phi) is 4.96. The van der Waals surface area contributed by atoms with Crippen LogP contribution >= 0.6 is 0 Å². The number of benzene rings is 1. The summed E-state index contributed by atoms with van der Waals surface area (Å²) in [4.78, 5) is 4.42. The summed E-state index contributed by atoms with van der Waals surface area (Å²) < 4.78 is 26.7. The van der Waals surface area contributed by atoms with Crippen molar-refractivity contribution in [3.05, 3.63) is 35.4 Å². The maximum atomic E-state index is 13.7. The molecule has 118 valence electrons. The van der Waals surface area contributed by atoms with Gasteiger partial charge in [-0.25, -0.2) is 8.78 Å². The molecule has 0 bridgehead atoms. The topological polar surface area (TPSA) is 32.5 Å². The third-order valence-corrected chi connectivity index (χ3v) is 4.67. The lowest BCUT2D eigenvalue weighted by molar-refractivity contribution is 0.0264. The predicted molar refractivity (Wildman–Crippen MR) is 81.1 cm³/mol. The van der Waals surface area contributed by atoms with Gasteiger partial charge in [0, 0.05) is 36.3 Å². The van der Waals surface area contributed by atoms with E-state index in [9.17, 15) is 8.78 Å². The minimum absolute atomic E-state index is 0.218. The van der Waals surface area contributed by atoms with Gasteiger partial charge in [-0.3, -0.25) is 0 Å². The Hall–Kier alpha value is -1.04. The molecule has 0 aliphatic heterocycles. The minimum atomic E-state index is -0.571. The molecular weight excluding hydrogens is 272 g/mol. The smallest absolute Gasteiger partial charge is 0.130 e. The monoisotopic (exact) mass is 297 g/mol. The van der Waals surface area contributed by atoms with Crippen LogP contribution in [0.5, 0.6) is 0 Å². The predicted octanol–water partition coefficient (Wildman–Crippen LogP) is 2.38. The lowest BCUT2D eigenvalue weighted by atomic mass is 9.75. The van der Waals surface area contributed by atoms with E-state index in [1.807, 2.05) is 7.05 Å². The van der Waals surface area contributed by atoms with Gasteiger partial charge in [-0.2, -0.15) is 0 Å². The van der Waals surface area contributed by atoms with Gasteiger partial charge in [-0.15, -0.1) is 0 Å². The zero-order chi connectivity index (χ0) is 15.6. The van der Waals surface area contributed by atoms with Gasteiger partial charge in [0.1, 0.15) is 11.6 Å². The standard InChI is InChI=1S/C16H25F2N3/c1-20(2)16(7-4-8-16)11-21(3)10-15(19)13-6-5-12(17)9-14(13)18/h5-6,9,15H,4,7-8,10-11,19H2,1-3H3. The fourth-order valence-electron chi connectivity index (χ4n) is 3.13. The van der Waals surface area contributed by atoms with Crippen LogP contribution in [-0.4, -0.2) is 49.6 Å². The number of rotatable bonds is 6. The van der Waals surface area contributed by atoms with Crippen LogP contribution in [0.4, 0.5) is 8.78 Å². The van der Waals surface area contributed by atoms with Gasteiger partial charge < -0.3 is 15.5 Å². The van der Waals surface area contributed by atoms with Crippen LogP contribution in [0.25, 0.3) is 0 Å². The van der Waals surface area contributed by atoms with Gasteiger partial charge in [0.05, 0.1) is 0 Å². The summed E-state index contributed by atoms with van der Waals surface area (Å²) in [7, 11) is 6.21. The quantitative estimate of drug-likeness (QED) is 0.875. The van der Waals surface area contributed by atoms with Crippen molar-refractivity contribution in [2.45, 2.75) is 30.8 Å². The normalized spacial score (nSPS) is 18.9. The largest absolute Gasteiger partial charge is 0.323 e. The summed E-state index contributed by atoms with van der Waals surface area (Å²) in [6.45, 7) is 1.47. The maximum absolute atomic E-state index is 13.7. The average Bonchev–Trinajstić information content (AvgIpc) is 2.32. The summed E-state index contributed by atoms with van der Waals surface area (Å²) in [5, 5.41) is 0. The van der Waals surface area contributed by atoms with E-state index in [-0.39, 0.29) is 5.54 Å². The summed E-state index contributed by atoms with van der Waals surface area (Å²) in [5.41, 5.74) is 6.67. The highest BCUT2D eigenvalue weighted by atomic mass is 19.1. The SMILES string of the molecule is CN(CC(N)c1ccc(F)cc1F)CC1(N(C)C)CCC1. The van der Waals surface area contributed by atoms with Gasteiger partial charge in [-0.1, -0.05) is 6.07 Å². The molecule has 0 amide bonds. The lowest BCUT2D eigenvalue weighted by Crippen LogP contribution is -2.57. The van der Waals surface area contributed by atoms with Gasteiger partial charge >= 0.3 is 0 Å². The molecule has 1 saturated carbocycles. The van der Waals surface area contributed by atoms with E-state index in [2.05, 4.69) is 23.9 Å². The second kappa shape index (κ2) is 6.38. The third-order valence-electron chi connectivity index (χ3n) is 4.67. The highest BCUT2D eigenvalue weighted by Crippen LogP contribution is 2.36. The number of nitrogens with zero attached hydrogens (tertiary/aromatic N) is 2. The molecule has 5 heteroatoms. The Morgan fingerprint density at radius 3 is 2.38 bits per heavy atom. The molecule has 1 unspecified atom stereocenters. The zero-order valence-electron chi connectivity index (χ0n) is 13.1. The van der Waals surface area contributed by atoms with Gasteiger partial charge in [-0.05, 0) is 46.5 Å². The fourth-order valence-corrected chi connectivity index (χ4v) is 3.13. The molecule has 1 aromatic rings. The van der Waals surface area contributed by atoms with Crippen molar-refractivity contribution in [3.63, 3.8) is 0 Å². The molecule has 1 atom stereocenters. The molecule has 2 N–H and O–H groups in total. The fraction of sp³-hybridized carbons (Fsp3) is 0.625. The van der Waals surface area contributed by atoms with Crippen molar-refractivity contribution < 1.29 is 8.78 Å². The Balaban J connectivity index is 1.97. The Morgan fingerprint density at radius 2 is 1.90 bits per heavy atom. The van der Waals surface area contributed by atoms with Crippen molar-refractivity contribution in [1.82, 2.24) is 9.80 Å². The average molecular weight is 297 g/mol. The maximum Gasteiger partial charge on any atom is 0.130 e. The van der Waals surface area contributed by atoms with E-state index >= 15 is 0 Å². The molecule has 0 saturated heterocycles. The molecule has 2 rings (SSSR count). The number of hydrogen-bond donors (Lipinski definition) is 1.